The van der Waals surface area contributed by atoms with Crippen LogP contribution in [0.4, 0.5) is 0 Å². The van der Waals surface area contributed by atoms with Gasteiger partial charge in [0.1, 0.15) is 5.75 Å². The first-order valence-corrected chi connectivity index (χ1v) is 10.4. The first kappa shape index (κ1) is 20.3. The van der Waals surface area contributed by atoms with Crippen LogP contribution in [0.15, 0.2) is 47.4 Å². The van der Waals surface area contributed by atoms with Crippen molar-refractivity contribution in [3.63, 3.8) is 0 Å². The number of ether oxygens (including phenoxy) is 1. The Morgan fingerprint density at radius 2 is 1.82 bits per heavy atom. The smallest absolute Gasteiger partial charge is 0.335 e. The van der Waals surface area contributed by atoms with E-state index in [4.69, 9.17) is 9.84 Å². The van der Waals surface area contributed by atoms with E-state index in [0.29, 0.717) is 31.7 Å². The molecule has 1 aliphatic heterocycles. The average Bonchev–Trinajstić information content (AvgIpc) is 2.68. The lowest BCUT2D eigenvalue weighted by molar-refractivity contribution is 0.0696. The van der Waals surface area contributed by atoms with Crippen molar-refractivity contribution >= 4 is 16.0 Å². The highest BCUT2D eigenvalue weighted by atomic mass is 32.2. The Hall–Kier alpha value is -2.42. The summed E-state index contributed by atoms with van der Waals surface area (Å²) in [6.07, 6.45) is 0. The third kappa shape index (κ3) is 4.35. The first-order valence-electron chi connectivity index (χ1n) is 9.00. The highest BCUT2D eigenvalue weighted by Crippen LogP contribution is 2.23. The molecule has 0 aliphatic carbocycles. The molecule has 1 fully saturated rings. The van der Waals surface area contributed by atoms with Crippen molar-refractivity contribution in [1.82, 2.24) is 9.21 Å². The van der Waals surface area contributed by atoms with Crippen LogP contribution in [0, 0.1) is 6.92 Å². The van der Waals surface area contributed by atoms with Crippen LogP contribution in [0.25, 0.3) is 0 Å². The third-order valence-electron chi connectivity index (χ3n) is 4.92. The molecule has 0 bridgehead atoms. The van der Waals surface area contributed by atoms with Gasteiger partial charge in [-0.15, -0.1) is 0 Å². The topological polar surface area (TPSA) is 87.2 Å². The van der Waals surface area contributed by atoms with Crippen LogP contribution in [-0.4, -0.2) is 62.0 Å². The zero-order chi connectivity index (χ0) is 20.3. The monoisotopic (exact) mass is 404 g/mol. The number of hydrogen-bond acceptors (Lipinski definition) is 5. The van der Waals surface area contributed by atoms with E-state index in [9.17, 15) is 13.2 Å². The average molecular weight is 404 g/mol. The Kier molecular flexibility index (Phi) is 6.02. The van der Waals surface area contributed by atoms with Gasteiger partial charge in [-0.3, -0.25) is 4.90 Å². The standard InChI is InChI=1S/C20H24N2O5S/c1-15-6-7-17(20(23)24)13-19(15)28(25,26)22-10-8-21(9-11-22)14-16-4-3-5-18(12-16)27-2/h3-7,12-13H,8-11,14H2,1-2H3,(H,23,24). The molecule has 0 spiro atoms. The normalized spacial score (nSPS) is 16.1. The molecule has 150 valence electrons. The fraction of sp³-hybridized carbons (Fsp3) is 0.350. The molecule has 2 aromatic carbocycles. The lowest BCUT2D eigenvalue weighted by Crippen LogP contribution is -2.48. The molecule has 1 heterocycles. The molecule has 28 heavy (non-hydrogen) atoms. The lowest BCUT2D eigenvalue weighted by Gasteiger charge is -2.34. The van der Waals surface area contributed by atoms with Gasteiger partial charge in [-0.1, -0.05) is 18.2 Å². The third-order valence-corrected chi connectivity index (χ3v) is 6.97. The summed E-state index contributed by atoms with van der Waals surface area (Å²) < 4.78 is 32.7. The van der Waals surface area contributed by atoms with Gasteiger partial charge in [-0.25, -0.2) is 13.2 Å². The molecule has 0 saturated carbocycles. The Labute approximate surface area is 165 Å². The van der Waals surface area contributed by atoms with Crippen LogP contribution < -0.4 is 4.74 Å². The molecule has 1 saturated heterocycles. The van der Waals surface area contributed by atoms with Crippen LogP contribution in [-0.2, 0) is 16.6 Å². The minimum Gasteiger partial charge on any atom is -0.497 e. The highest BCUT2D eigenvalue weighted by molar-refractivity contribution is 7.89. The number of methoxy groups -OCH3 is 1. The van der Waals surface area contributed by atoms with Gasteiger partial charge in [0.2, 0.25) is 10.0 Å². The van der Waals surface area contributed by atoms with E-state index in [1.54, 1.807) is 14.0 Å². The summed E-state index contributed by atoms with van der Waals surface area (Å²) in [4.78, 5) is 13.5. The summed E-state index contributed by atoms with van der Waals surface area (Å²) in [7, 11) is -2.10. The van der Waals surface area contributed by atoms with Gasteiger partial charge in [0.15, 0.2) is 0 Å². The predicted molar refractivity (Wildman–Crippen MR) is 105 cm³/mol. The molecular weight excluding hydrogens is 380 g/mol. The van der Waals surface area contributed by atoms with E-state index in [1.807, 2.05) is 24.3 Å². The molecule has 1 N–H and O–H groups in total. The largest absolute Gasteiger partial charge is 0.497 e. The molecule has 3 rings (SSSR count). The minimum absolute atomic E-state index is 0.0270. The lowest BCUT2D eigenvalue weighted by atomic mass is 10.1. The van der Waals surface area contributed by atoms with E-state index >= 15 is 0 Å². The van der Waals surface area contributed by atoms with Gasteiger partial charge >= 0.3 is 5.97 Å². The summed E-state index contributed by atoms with van der Waals surface area (Å²) in [6.45, 7) is 4.34. The molecule has 0 amide bonds. The summed E-state index contributed by atoms with van der Waals surface area (Å²) in [5.74, 6) is -0.341. The van der Waals surface area contributed by atoms with Crippen LogP contribution in [0.2, 0.25) is 0 Å². The van der Waals surface area contributed by atoms with E-state index in [-0.39, 0.29) is 10.5 Å². The molecule has 0 atom stereocenters. The Balaban J connectivity index is 1.70. The molecule has 7 nitrogen and oxygen atoms in total. The number of sulfonamides is 1. The Morgan fingerprint density at radius 3 is 2.46 bits per heavy atom. The second kappa shape index (κ2) is 8.30. The Bertz CT molecular complexity index is 966. The number of benzene rings is 2. The number of aryl methyl sites for hydroxylation is 1. The maximum Gasteiger partial charge on any atom is 0.335 e. The second-order valence-electron chi connectivity index (χ2n) is 6.82. The van der Waals surface area contributed by atoms with E-state index in [2.05, 4.69) is 4.90 Å². The number of rotatable bonds is 6. The fourth-order valence-electron chi connectivity index (χ4n) is 3.31. The van der Waals surface area contributed by atoms with Gasteiger partial charge < -0.3 is 9.84 Å². The highest BCUT2D eigenvalue weighted by Gasteiger charge is 2.30. The van der Waals surface area contributed by atoms with Crippen molar-refractivity contribution in [3.8, 4) is 5.75 Å². The summed E-state index contributed by atoms with van der Waals surface area (Å²) in [6, 6.07) is 12.0. The number of nitrogens with zero attached hydrogens (tertiary/aromatic N) is 2. The maximum atomic E-state index is 13.0. The van der Waals surface area contributed by atoms with Gasteiger partial charge in [0, 0.05) is 32.7 Å². The number of carboxylic acids is 1. The number of piperazine rings is 1. The van der Waals surface area contributed by atoms with Crippen molar-refractivity contribution < 1.29 is 23.1 Å². The number of carbonyl (C=O) groups is 1. The van der Waals surface area contributed by atoms with Crippen LogP contribution in [0.1, 0.15) is 21.5 Å². The summed E-state index contributed by atoms with van der Waals surface area (Å²) in [5, 5.41) is 9.16. The summed E-state index contributed by atoms with van der Waals surface area (Å²) in [5.41, 5.74) is 1.63. The zero-order valence-electron chi connectivity index (χ0n) is 16.0. The predicted octanol–water partition coefficient (Wildman–Crippen LogP) is 2.21. The molecule has 2 aromatic rings. The van der Waals surface area contributed by atoms with Gasteiger partial charge in [-0.05, 0) is 42.3 Å². The van der Waals surface area contributed by atoms with Crippen molar-refractivity contribution in [1.29, 1.82) is 0 Å². The van der Waals surface area contributed by atoms with Gasteiger partial charge in [0.25, 0.3) is 0 Å². The quantitative estimate of drug-likeness (QED) is 0.794. The first-order chi connectivity index (χ1) is 13.3. The minimum atomic E-state index is -3.73. The second-order valence-corrected chi connectivity index (χ2v) is 8.72. The van der Waals surface area contributed by atoms with Gasteiger partial charge in [-0.2, -0.15) is 4.31 Å². The number of carboxylic acid groups (broad SMARTS) is 1. The van der Waals surface area contributed by atoms with Crippen molar-refractivity contribution in [3.05, 3.63) is 59.2 Å². The molecular formula is C20H24N2O5S. The van der Waals surface area contributed by atoms with E-state index in [0.717, 1.165) is 17.9 Å². The van der Waals surface area contributed by atoms with Crippen LogP contribution in [0.5, 0.6) is 5.75 Å². The van der Waals surface area contributed by atoms with Crippen molar-refractivity contribution in [2.75, 3.05) is 33.3 Å². The zero-order valence-corrected chi connectivity index (χ0v) is 16.8. The fourth-order valence-corrected chi connectivity index (χ4v) is 4.98. The van der Waals surface area contributed by atoms with Crippen molar-refractivity contribution in [2.24, 2.45) is 0 Å². The molecule has 8 heteroatoms. The van der Waals surface area contributed by atoms with E-state index in [1.165, 1.54) is 22.5 Å². The van der Waals surface area contributed by atoms with Crippen molar-refractivity contribution in [2.45, 2.75) is 18.4 Å². The molecule has 0 unspecified atom stereocenters. The molecule has 0 aromatic heterocycles. The van der Waals surface area contributed by atoms with Gasteiger partial charge in [0.05, 0.1) is 17.6 Å². The number of aromatic carboxylic acids is 1. The Morgan fingerprint density at radius 1 is 1.11 bits per heavy atom. The molecule has 1 aliphatic rings. The molecule has 0 radical (unpaired) electrons. The van der Waals surface area contributed by atoms with Crippen LogP contribution in [0.3, 0.4) is 0 Å². The van der Waals surface area contributed by atoms with E-state index < -0.39 is 16.0 Å². The van der Waals surface area contributed by atoms with Crippen LogP contribution >= 0.6 is 0 Å². The maximum absolute atomic E-state index is 13.0. The number of hydrogen-bond donors (Lipinski definition) is 1. The SMILES string of the molecule is COc1cccc(CN2CCN(S(=O)(=O)c3cc(C(=O)O)ccc3C)CC2)c1. The summed E-state index contributed by atoms with van der Waals surface area (Å²) >= 11 is 0.